The molecule has 2 N–H and O–H groups in total. The Kier molecular flexibility index (Phi) is 4.30. The van der Waals surface area contributed by atoms with Crippen LogP contribution in [0.25, 0.3) is 0 Å². The Bertz CT molecular complexity index is 355. The molecule has 1 aliphatic heterocycles. The third kappa shape index (κ3) is 3.01. The van der Waals surface area contributed by atoms with Gasteiger partial charge in [-0.2, -0.15) is 0 Å². The van der Waals surface area contributed by atoms with Crippen molar-refractivity contribution in [2.75, 3.05) is 7.05 Å². The maximum Gasteiger partial charge on any atom is 0.244 e. The fourth-order valence-electron chi connectivity index (χ4n) is 1.05. The predicted molar refractivity (Wildman–Crippen MR) is 63.4 cm³/mol. The molecule has 0 amide bonds. The zero-order valence-corrected chi connectivity index (χ0v) is 11.1. The number of thioether (sulfide) groups is 1. The first-order chi connectivity index (χ1) is 6.88. The van der Waals surface area contributed by atoms with E-state index in [1.165, 1.54) is 12.1 Å². The molecule has 1 aliphatic rings. The normalized spacial score (nSPS) is 22.3. The van der Waals surface area contributed by atoms with E-state index in [2.05, 4.69) is 10.1 Å². The highest BCUT2D eigenvalue weighted by Crippen LogP contribution is 2.34. The van der Waals surface area contributed by atoms with E-state index in [0.717, 1.165) is 11.8 Å². The van der Waals surface area contributed by atoms with E-state index in [0.29, 0.717) is 5.16 Å². The highest BCUT2D eigenvalue weighted by Gasteiger charge is 2.36. The van der Waals surface area contributed by atoms with Gasteiger partial charge < -0.3 is 0 Å². The van der Waals surface area contributed by atoms with Gasteiger partial charge in [0.25, 0.3) is 0 Å². The Morgan fingerprint density at radius 1 is 1.60 bits per heavy atom. The smallest absolute Gasteiger partial charge is 0.244 e. The summed E-state index contributed by atoms with van der Waals surface area (Å²) in [6.07, 6.45) is 0. The predicted octanol–water partition coefficient (Wildman–Crippen LogP) is 0.819. The molecule has 5 nitrogen and oxygen atoms in total. The van der Waals surface area contributed by atoms with Crippen LogP contribution in [-0.4, -0.2) is 31.2 Å². The van der Waals surface area contributed by atoms with Crippen LogP contribution in [0.1, 0.15) is 13.8 Å². The summed E-state index contributed by atoms with van der Waals surface area (Å²) in [7, 11) is -2.00. The van der Waals surface area contributed by atoms with E-state index in [-0.39, 0.29) is 6.04 Å². The van der Waals surface area contributed by atoms with Gasteiger partial charge in [-0.1, -0.05) is 23.4 Å². The second-order valence-electron chi connectivity index (χ2n) is 3.29. The van der Waals surface area contributed by atoms with E-state index >= 15 is 0 Å². The van der Waals surface area contributed by atoms with Crippen LogP contribution in [0.15, 0.2) is 10.6 Å². The molecular formula is C7H14ClN3O2S2. The average Bonchev–Trinajstić information content (AvgIpc) is 2.48. The molecule has 1 heterocycles. The average molecular weight is 272 g/mol. The number of hydrogen-bond acceptors (Lipinski definition) is 5. The summed E-state index contributed by atoms with van der Waals surface area (Å²) < 4.78 is 24.8. The zero-order chi connectivity index (χ0) is 11.6. The number of nitrogens with zero attached hydrogens (tertiary/aromatic N) is 1. The Morgan fingerprint density at radius 3 is 2.67 bits per heavy atom. The van der Waals surface area contributed by atoms with Crippen molar-refractivity contribution in [1.82, 2.24) is 15.2 Å². The summed E-state index contributed by atoms with van der Waals surface area (Å²) in [5.74, 6) is 0. The van der Waals surface area contributed by atoms with Gasteiger partial charge in [-0.3, -0.25) is 5.01 Å². The van der Waals surface area contributed by atoms with Gasteiger partial charge in [0.05, 0.1) is 0 Å². The van der Waals surface area contributed by atoms with Gasteiger partial charge >= 0.3 is 0 Å². The number of halogens is 1. The van der Waals surface area contributed by atoms with Gasteiger partial charge in [-0.15, -0.1) is 0 Å². The molecule has 0 aromatic carbocycles. The van der Waals surface area contributed by atoms with E-state index in [9.17, 15) is 8.42 Å². The van der Waals surface area contributed by atoms with Crippen LogP contribution in [-0.2, 0) is 10.0 Å². The lowest BCUT2D eigenvalue weighted by molar-refractivity contribution is 0.257. The summed E-state index contributed by atoms with van der Waals surface area (Å²) in [5.41, 5.74) is 2.98. The minimum absolute atomic E-state index is 0.111. The summed E-state index contributed by atoms with van der Waals surface area (Å²) in [6.45, 7) is 3.83. The standard InChI is InChI=1S/C7H14ClN3O2S2/c1-5(2)10-11-6(8)4-14-7(11)15(12,13)9-3/h4-5,7,9-10H,1-3H3. The Morgan fingerprint density at radius 2 is 2.20 bits per heavy atom. The first kappa shape index (κ1) is 13.1. The van der Waals surface area contributed by atoms with Crippen LogP contribution in [0, 0.1) is 0 Å². The van der Waals surface area contributed by atoms with Crippen molar-refractivity contribution >= 4 is 33.4 Å². The molecule has 0 fully saturated rings. The molecule has 1 unspecified atom stereocenters. The zero-order valence-electron chi connectivity index (χ0n) is 8.69. The molecule has 1 rings (SSSR count). The first-order valence-corrected chi connectivity index (χ1v) is 7.24. The van der Waals surface area contributed by atoms with Crippen LogP contribution in [0.3, 0.4) is 0 Å². The van der Waals surface area contributed by atoms with Gasteiger partial charge in [0.1, 0.15) is 5.16 Å². The van der Waals surface area contributed by atoms with Crippen molar-refractivity contribution in [3.8, 4) is 0 Å². The third-order valence-corrected chi connectivity index (χ3v) is 5.30. The van der Waals surface area contributed by atoms with Gasteiger partial charge in [-0.05, 0) is 20.9 Å². The maximum absolute atomic E-state index is 11.6. The lowest BCUT2D eigenvalue weighted by Gasteiger charge is -2.28. The van der Waals surface area contributed by atoms with Crippen molar-refractivity contribution in [2.45, 2.75) is 24.6 Å². The van der Waals surface area contributed by atoms with Crippen molar-refractivity contribution in [1.29, 1.82) is 0 Å². The highest BCUT2D eigenvalue weighted by atomic mass is 35.5. The highest BCUT2D eigenvalue weighted by molar-refractivity contribution is 8.14. The van der Waals surface area contributed by atoms with E-state index in [1.54, 1.807) is 5.41 Å². The number of hydrazine groups is 1. The monoisotopic (exact) mass is 271 g/mol. The van der Waals surface area contributed by atoms with Crippen LogP contribution in [0.5, 0.6) is 0 Å². The molecule has 88 valence electrons. The number of sulfonamides is 1. The minimum atomic E-state index is -3.39. The molecule has 8 heteroatoms. The van der Waals surface area contributed by atoms with E-state index < -0.39 is 14.7 Å². The summed E-state index contributed by atoms with van der Waals surface area (Å²) in [4.78, 5) is 0. The fourth-order valence-corrected chi connectivity index (χ4v) is 3.79. The second-order valence-corrected chi connectivity index (χ2v) is 6.87. The molecule has 0 saturated carbocycles. The third-order valence-electron chi connectivity index (χ3n) is 1.67. The largest absolute Gasteiger partial charge is 0.267 e. The SMILES string of the molecule is CNS(=O)(=O)C1SC=C(Cl)N1NC(C)C. The van der Waals surface area contributed by atoms with Crippen LogP contribution >= 0.6 is 23.4 Å². The molecule has 0 aromatic rings. The minimum Gasteiger partial charge on any atom is -0.267 e. The quantitative estimate of drug-likeness (QED) is 0.742. The summed E-state index contributed by atoms with van der Waals surface area (Å²) in [6, 6.07) is 0.111. The second kappa shape index (κ2) is 4.92. The Balaban J connectivity index is 2.85. The topological polar surface area (TPSA) is 61.4 Å². The molecule has 15 heavy (non-hydrogen) atoms. The van der Waals surface area contributed by atoms with E-state index in [4.69, 9.17) is 11.6 Å². The number of nitrogens with one attached hydrogen (secondary N) is 2. The molecule has 0 aromatic heterocycles. The lowest BCUT2D eigenvalue weighted by atomic mass is 10.4. The molecule has 0 saturated heterocycles. The van der Waals surface area contributed by atoms with Gasteiger partial charge in [0.15, 0.2) is 0 Å². The summed E-state index contributed by atoms with van der Waals surface area (Å²) in [5, 5.41) is 3.44. The first-order valence-electron chi connectivity index (χ1n) is 4.37. The Hall–Kier alpha value is 0.0500. The van der Waals surface area contributed by atoms with Crippen molar-refractivity contribution in [2.24, 2.45) is 0 Å². The van der Waals surface area contributed by atoms with Crippen LogP contribution < -0.4 is 10.1 Å². The molecule has 0 bridgehead atoms. The van der Waals surface area contributed by atoms with Crippen LogP contribution in [0.2, 0.25) is 0 Å². The molecule has 0 spiro atoms. The lowest BCUT2D eigenvalue weighted by Crippen LogP contribution is -2.49. The fraction of sp³-hybridized carbons (Fsp3) is 0.714. The van der Waals surface area contributed by atoms with Crippen molar-refractivity contribution in [3.63, 3.8) is 0 Å². The molecule has 1 atom stereocenters. The molecule has 0 radical (unpaired) electrons. The molecular weight excluding hydrogens is 258 g/mol. The van der Waals surface area contributed by atoms with Crippen molar-refractivity contribution in [3.05, 3.63) is 10.6 Å². The van der Waals surface area contributed by atoms with E-state index in [1.807, 2.05) is 13.8 Å². The summed E-state index contributed by atoms with van der Waals surface area (Å²) >= 11 is 7.04. The van der Waals surface area contributed by atoms with Gasteiger partial charge in [-0.25, -0.2) is 18.6 Å². The van der Waals surface area contributed by atoms with Crippen molar-refractivity contribution < 1.29 is 8.42 Å². The van der Waals surface area contributed by atoms with Gasteiger partial charge in [0, 0.05) is 11.4 Å². The van der Waals surface area contributed by atoms with Gasteiger partial charge in [0.2, 0.25) is 14.7 Å². The van der Waals surface area contributed by atoms with Crippen LogP contribution in [0.4, 0.5) is 0 Å². The molecule has 0 aliphatic carbocycles. The maximum atomic E-state index is 11.6. The number of hydrogen-bond donors (Lipinski definition) is 2. The Labute approximate surface area is 99.3 Å². The number of rotatable bonds is 4.